The van der Waals surface area contributed by atoms with Crippen LogP contribution in [0.1, 0.15) is 29.4 Å². The Bertz CT molecular complexity index is 1850. The van der Waals surface area contributed by atoms with Gasteiger partial charge in [0.25, 0.3) is 5.91 Å². The molecule has 12 heteroatoms. The van der Waals surface area contributed by atoms with Gasteiger partial charge in [-0.3, -0.25) is 9.59 Å². The highest BCUT2D eigenvalue weighted by atomic mass is 19.1. The molecule has 2 aromatic carbocycles. The summed E-state index contributed by atoms with van der Waals surface area (Å²) in [5, 5.41) is 3.30. The Morgan fingerprint density at radius 1 is 1.10 bits per heavy atom. The Labute approximate surface area is 241 Å². The van der Waals surface area contributed by atoms with Crippen LogP contribution >= 0.6 is 0 Å². The smallest absolute Gasteiger partial charge is 0.322 e. The minimum Gasteiger partial charge on any atom is -0.421 e. The maximum absolute atomic E-state index is 15.5. The second-order valence-electron chi connectivity index (χ2n) is 9.83. The first-order valence-corrected chi connectivity index (χ1v) is 13.1. The highest BCUT2D eigenvalue weighted by molar-refractivity contribution is 6.11. The molecule has 0 radical (unpaired) electrons. The van der Waals surface area contributed by atoms with E-state index in [1.54, 1.807) is 69.9 Å². The first kappa shape index (κ1) is 28.1. The molecule has 0 unspecified atom stereocenters. The van der Waals surface area contributed by atoms with Crippen molar-refractivity contribution in [3.8, 4) is 34.1 Å². The minimum absolute atomic E-state index is 0.0206. The summed E-state index contributed by atoms with van der Waals surface area (Å²) in [7, 11) is 5.07. The van der Waals surface area contributed by atoms with Gasteiger partial charge in [-0.05, 0) is 48.9 Å². The lowest BCUT2D eigenvalue weighted by molar-refractivity contribution is -0.115. The summed E-state index contributed by atoms with van der Waals surface area (Å²) in [6, 6.07) is 11.3. The van der Waals surface area contributed by atoms with Crippen LogP contribution in [-0.4, -0.2) is 55.3 Å². The van der Waals surface area contributed by atoms with Crippen LogP contribution in [0.4, 0.5) is 15.9 Å². The molecular weight excluding hydrogens is 539 g/mol. The van der Waals surface area contributed by atoms with E-state index in [1.807, 2.05) is 0 Å². The largest absolute Gasteiger partial charge is 0.421 e. The average molecular weight is 569 g/mol. The number of nitrogen functional groups attached to an aromatic ring is 1. The van der Waals surface area contributed by atoms with Gasteiger partial charge in [0, 0.05) is 56.3 Å². The number of aromatic nitrogens is 5. The second kappa shape index (κ2) is 11.2. The molecule has 2 amide bonds. The average Bonchev–Trinajstić information content (AvgIpc) is 3.26. The molecule has 42 heavy (non-hydrogen) atoms. The summed E-state index contributed by atoms with van der Waals surface area (Å²) in [6.45, 7) is 3.52. The molecule has 5 rings (SSSR count). The molecule has 3 aromatic heterocycles. The number of nitrogens with one attached hydrogen (secondary N) is 1. The van der Waals surface area contributed by atoms with Crippen LogP contribution in [0, 0.1) is 12.7 Å². The summed E-state index contributed by atoms with van der Waals surface area (Å²) in [5.41, 5.74) is 10.4. The fourth-order valence-electron chi connectivity index (χ4n) is 4.68. The predicted molar refractivity (Wildman–Crippen MR) is 158 cm³/mol. The normalized spacial score (nSPS) is 11.0. The highest BCUT2D eigenvalue weighted by Crippen LogP contribution is 2.44. The number of carbonyl (C=O) groups is 2. The number of fused-ring (bicyclic) bond motifs is 1. The SMILES string of the molecule is CCC(=O)Nc1ccc(-c2c(-c3ccc(Oc4nccc(C)n4)c(F)c3)c3c(N)ncnc3n2C)c(C(=O)N(C)C)c1. The molecule has 11 nitrogen and oxygen atoms in total. The van der Waals surface area contributed by atoms with Crippen LogP contribution in [-0.2, 0) is 11.8 Å². The van der Waals surface area contributed by atoms with E-state index < -0.39 is 5.82 Å². The second-order valence-corrected chi connectivity index (χ2v) is 9.83. The molecule has 0 aliphatic carbocycles. The zero-order chi connectivity index (χ0) is 30.1. The molecule has 0 aliphatic heterocycles. The van der Waals surface area contributed by atoms with Gasteiger partial charge in [0.15, 0.2) is 11.6 Å². The van der Waals surface area contributed by atoms with Crippen LogP contribution in [0.5, 0.6) is 11.8 Å². The number of hydrogen-bond donors (Lipinski definition) is 2. The third-order valence-electron chi connectivity index (χ3n) is 6.71. The number of anilines is 2. The fraction of sp³-hybridized carbons (Fsp3) is 0.200. The number of nitrogens with zero attached hydrogens (tertiary/aromatic N) is 6. The fourth-order valence-corrected chi connectivity index (χ4v) is 4.68. The number of halogens is 1. The van der Waals surface area contributed by atoms with Gasteiger partial charge in [-0.1, -0.05) is 13.0 Å². The van der Waals surface area contributed by atoms with Crippen molar-refractivity contribution >= 4 is 34.4 Å². The molecule has 3 heterocycles. The summed E-state index contributed by atoms with van der Waals surface area (Å²) < 4.78 is 22.9. The monoisotopic (exact) mass is 568 g/mol. The van der Waals surface area contributed by atoms with E-state index in [1.165, 1.54) is 29.6 Å². The maximum Gasteiger partial charge on any atom is 0.322 e. The van der Waals surface area contributed by atoms with Gasteiger partial charge in [-0.2, -0.15) is 0 Å². The third-order valence-corrected chi connectivity index (χ3v) is 6.71. The molecule has 3 N–H and O–H groups in total. The number of benzene rings is 2. The lowest BCUT2D eigenvalue weighted by atomic mass is 9.94. The van der Waals surface area contributed by atoms with Crippen molar-refractivity contribution in [3.05, 3.63) is 72.1 Å². The summed E-state index contributed by atoms with van der Waals surface area (Å²) in [4.78, 5) is 43.8. The Balaban J connectivity index is 1.73. The number of carbonyl (C=O) groups excluding carboxylic acids is 2. The lowest BCUT2D eigenvalue weighted by Gasteiger charge is -2.18. The molecule has 0 saturated carbocycles. The van der Waals surface area contributed by atoms with Crippen molar-refractivity contribution in [2.75, 3.05) is 25.1 Å². The van der Waals surface area contributed by atoms with E-state index in [4.69, 9.17) is 10.5 Å². The Morgan fingerprint density at radius 2 is 1.88 bits per heavy atom. The topological polar surface area (TPSA) is 141 Å². The lowest BCUT2D eigenvalue weighted by Crippen LogP contribution is -2.23. The van der Waals surface area contributed by atoms with Crippen molar-refractivity contribution in [1.82, 2.24) is 29.4 Å². The number of aryl methyl sites for hydroxylation is 2. The van der Waals surface area contributed by atoms with E-state index in [2.05, 4.69) is 25.3 Å². The number of hydrogen-bond acceptors (Lipinski definition) is 8. The van der Waals surface area contributed by atoms with Crippen LogP contribution in [0.15, 0.2) is 55.0 Å². The van der Waals surface area contributed by atoms with Crippen molar-refractivity contribution in [2.24, 2.45) is 7.05 Å². The Morgan fingerprint density at radius 3 is 2.57 bits per heavy atom. The van der Waals surface area contributed by atoms with Gasteiger partial charge in [-0.15, -0.1) is 0 Å². The van der Waals surface area contributed by atoms with Crippen LogP contribution < -0.4 is 15.8 Å². The van der Waals surface area contributed by atoms with Gasteiger partial charge in [-0.25, -0.2) is 24.3 Å². The van der Waals surface area contributed by atoms with Crippen molar-refractivity contribution < 1.29 is 18.7 Å². The van der Waals surface area contributed by atoms with Crippen LogP contribution in [0.2, 0.25) is 0 Å². The Hall–Kier alpha value is -5.39. The zero-order valence-corrected chi connectivity index (χ0v) is 23.8. The molecule has 0 fully saturated rings. The third kappa shape index (κ3) is 5.21. The van der Waals surface area contributed by atoms with Crippen molar-refractivity contribution in [3.63, 3.8) is 0 Å². The van der Waals surface area contributed by atoms with Gasteiger partial charge in [0.05, 0.1) is 16.6 Å². The van der Waals surface area contributed by atoms with E-state index in [0.717, 1.165) is 0 Å². The summed E-state index contributed by atoms with van der Waals surface area (Å²) >= 11 is 0. The first-order valence-electron chi connectivity index (χ1n) is 13.1. The molecule has 214 valence electrons. The molecule has 0 aliphatic rings. The number of nitrogens with two attached hydrogens (primary N) is 1. The van der Waals surface area contributed by atoms with Crippen molar-refractivity contribution in [1.29, 1.82) is 0 Å². The van der Waals surface area contributed by atoms with Crippen molar-refractivity contribution in [2.45, 2.75) is 20.3 Å². The summed E-state index contributed by atoms with van der Waals surface area (Å²) in [5.74, 6) is -1.000. The Kier molecular flexibility index (Phi) is 7.53. The van der Waals surface area contributed by atoms with Gasteiger partial charge >= 0.3 is 6.01 Å². The number of rotatable bonds is 7. The number of ether oxygens (including phenoxy) is 1. The van der Waals surface area contributed by atoms with Gasteiger partial charge < -0.3 is 25.3 Å². The molecule has 0 saturated heterocycles. The van der Waals surface area contributed by atoms with E-state index in [0.29, 0.717) is 50.4 Å². The van der Waals surface area contributed by atoms with E-state index >= 15 is 4.39 Å². The molecule has 0 spiro atoms. The number of amides is 2. The van der Waals surface area contributed by atoms with E-state index in [9.17, 15) is 9.59 Å². The maximum atomic E-state index is 15.5. The minimum atomic E-state index is -0.654. The standard InChI is InChI=1S/C30H29FN8O3/c1-6-23(40)37-18-8-9-19(20(14-18)29(41)38(3)4)26-24(25-27(32)34-15-35-28(25)39(26)5)17-7-10-22(21(31)13-17)42-30-33-12-11-16(2)36-30/h7-15H,6H2,1-5H3,(H,37,40)(H2,32,34,35). The van der Waals surface area contributed by atoms with Crippen LogP contribution in [0.25, 0.3) is 33.4 Å². The van der Waals surface area contributed by atoms with Crippen LogP contribution in [0.3, 0.4) is 0 Å². The molecule has 0 atom stereocenters. The van der Waals surface area contributed by atoms with E-state index in [-0.39, 0.29) is 35.8 Å². The predicted octanol–water partition coefficient (Wildman–Crippen LogP) is 4.96. The highest BCUT2D eigenvalue weighted by Gasteiger charge is 2.26. The molecular formula is C30H29FN8O3. The first-order chi connectivity index (χ1) is 20.1. The zero-order valence-electron chi connectivity index (χ0n) is 23.8. The van der Waals surface area contributed by atoms with Gasteiger partial charge in [0.1, 0.15) is 17.8 Å². The molecule has 5 aromatic rings. The van der Waals surface area contributed by atoms with Gasteiger partial charge in [0.2, 0.25) is 5.91 Å². The molecule has 0 bridgehead atoms. The quantitative estimate of drug-likeness (QED) is 0.281. The summed E-state index contributed by atoms with van der Waals surface area (Å²) in [6.07, 6.45) is 3.16.